The van der Waals surface area contributed by atoms with E-state index in [-0.39, 0.29) is 12.2 Å². The van der Waals surface area contributed by atoms with Gasteiger partial charge in [-0.2, -0.15) is 0 Å². The predicted octanol–water partition coefficient (Wildman–Crippen LogP) is 1.13. The Balaban J connectivity index is 1.92. The average Bonchev–Trinajstić information content (AvgIpc) is 2.91. The van der Waals surface area contributed by atoms with Crippen LogP contribution in [0.3, 0.4) is 0 Å². The van der Waals surface area contributed by atoms with Gasteiger partial charge in [0.25, 0.3) is 0 Å². The van der Waals surface area contributed by atoms with Crippen molar-refractivity contribution in [3.8, 4) is 0 Å². The lowest BCUT2D eigenvalue weighted by molar-refractivity contribution is -0.157. The van der Waals surface area contributed by atoms with E-state index in [4.69, 9.17) is 4.74 Å². The van der Waals surface area contributed by atoms with Crippen LogP contribution in [0.25, 0.3) is 0 Å². The lowest BCUT2D eigenvalue weighted by atomic mass is 9.77. The zero-order valence-corrected chi connectivity index (χ0v) is 8.25. The number of rotatable bonds is 0. The van der Waals surface area contributed by atoms with Gasteiger partial charge in [0, 0.05) is 0 Å². The van der Waals surface area contributed by atoms with Gasteiger partial charge < -0.3 is 9.47 Å². The molecular weight excluding hydrogens is 208 g/mol. The largest absolute Gasteiger partial charge is 0.393 e. The second-order valence-corrected chi connectivity index (χ2v) is 4.40. The third-order valence-electron chi connectivity index (χ3n) is 3.69. The van der Waals surface area contributed by atoms with Crippen LogP contribution in [0.15, 0.2) is 24.3 Å². The van der Waals surface area contributed by atoms with Crippen molar-refractivity contribution >= 4 is 11.9 Å². The summed E-state index contributed by atoms with van der Waals surface area (Å²) >= 11 is 0. The highest BCUT2D eigenvalue weighted by atomic mass is 16.6. The van der Waals surface area contributed by atoms with Crippen molar-refractivity contribution < 1.29 is 19.1 Å². The summed E-state index contributed by atoms with van der Waals surface area (Å²) in [6.07, 6.45) is -0.574. The molecule has 4 rings (SSSR count). The van der Waals surface area contributed by atoms with Crippen molar-refractivity contribution in [2.24, 2.45) is 11.8 Å². The van der Waals surface area contributed by atoms with Crippen LogP contribution in [0.2, 0.25) is 0 Å². The molecule has 0 amide bonds. The van der Waals surface area contributed by atoms with E-state index in [9.17, 15) is 9.59 Å². The second-order valence-electron chi connectivity index (χ2n) is 4.40. The van der Waals surface area contributed by atoms with Gasteiger partial charge in [0.05, 0.1) is 12.2 Å². The lowest BCUT2D eigenvalue weighted by Crippen LogP contribution is -2.23. The van der Waals surface area contributed by atoms with Crippen LogP contribution < -0.4 is 0 Å². The van der Waals surface area contributed by atoms with Gasteiger partial charge >= 0.3 is 11.9 Å². The molecule has 80 valence electrons. The van der Waals surface area contributed by atoms with E-state index in [0.717, 1.165) is 11.1 Å². The Morgan fingerprint density at radius 3 is 1.88 bits per heavy atom. The number of cyclic esters (lactones) is 2. The number of carbonyl (C=O) groups is 2. The third kappa shape index (κ3) is 0.769. The van der Waals surface area contributed by atoms with Crippen molar-refractivity contribution in [1.82, 2.24) is 0 Å². The van der Waals surface area contributed by atoms with Crippen molar-refractivity contribution in [2.75, 3.05) is 0 Å². The maximum atomic E-state index is 11.5. The maximum Gasteiger partial charge on any atom is 0.320 e. The topological polar surface area (TPSA) is 52.6 Å². The molecule has 0 aliphatic carbocycles. The third-order valence-corrected chi connectivity index (χ3v) is 3.69. The van der Waals surface area contributed by atoms with Gasteiger partial charge in [-0.05, 0) is 11.1 Å². The Labute approximate surface area is 91.2 Å². The number of fused-ring (bicyclic) bond motifs is 8. The fourth-order valence-corrected chi connectivity index (χ4v) is 3.04. The summed E-state index contributed by atoms with van der Waals surface area (Å²) in [5.41, 5.74) is 2.06. The summed E-state index contributed by atoms with van der Waals surface area (Å²) in [4.78, 5) is 23.1. The van der Waals surface area contributed by atoms with Gasteiger partial charge in [0.2, 0.25) is 0 Å². The molecule has 0 unspecified atom stereocenters. The number of hydrogen-bond acceptors (Lipinski definition) is 4. The standard InChI is InChI=1S/C12H8O4/c13-11-7-8(12(14)16-11)10-6-4-2-1-3-5(6)9(7)15-10/h1-4,7-10H/t7-,8-,9-,10+/m1/s1. The van der Waals surface area contributed by atoms with Crippen molar-refractivity contribution in [3.63, 3.8) is 0 Å². The van der Waals surface area contributed by atoms with E-state index in [1.54, 1.807) is 0 Å². The number of hydrogen-bond donors (Lipinski definition) is 0. The Kier molecular flexibility index (Phi) is 1.33. The fraction of sp³-hybridized carbons (Fsp3) is 0.333. The molecule has 0 spiro atoms. The molecule has 4 heteroatoms. The van der Waals surface area contributed by atoms with Crippen LogP contribution >= 0.6 is 0 Å². The average molecular weight is 216 g/mol. The molecule has 16 heavy (non-hydrogen) atoms. The van der Waals surface area contributed by atoms with Gasteiger partial charge in [0.15, 0.2) is 0 Å². The molecule has 1 aromatic rings. The highest BCUT2D eigenvalue weighted by molar-refractivity contribution is 5.98. The van der Waals surface area contributed by atoms with E-state index >= 15 is 0 Å². The predicted molar refractivity (Wildman–Crippen MR) is 51.1 cm³/mol. The first kappa shape index (κ1) is 8.47. The molecule has 2 fully saturated rings. The number of carbonyl (C=O) groups excluding carboxylic acids is 2. The molecule has 4 nitrogen and oxygen atoms in total. The molecule has 2 bridgehead atoms. The molecule has 1 aromatic carbocycles. The minimum absolute atomic E-state index is 0.287. The number of benzene rings is 1. The van der Waals surface area contributed by atoms with Crippen LogP contribution in [0.4, 0.5) is 0 Å². The Morgan fingerprint density at radius 1 is 0.875 bits per heavy atom. The maximum absolute atomic E-state index is 11.5. The highest BCUT2D eigenvalue weighted by Crippen LogP contribution is 2.59. The zero-order chi connectivity index (χ0) is 10.9. The van der Waals surface area contributed by atoms with Crippen LogP contribution in [0, 0.1) is 11.8 Å². The number of esters is 2. The second kappa shape index (κ2) is 2.52. The van der Waals surface area contributed by atoms with E-state index in [0.29, 0.717) is 0 Å². The molecule has 0 aromatic heterocycles. The Hall–Kier alpha value is -1.68. The summed E-state index contributed by atoms with van der Waals surface area (Å²) < 4.78 is 10.4. The highest BCUT2D eigenvalue weighted by Gasteiger charge is 2.63. The molecule has 3 heterocycles. The van der Waals surface area contributed by atoms with E-state index in [2.05, 4.69) is 4.74 Å². The molecule has 0 saturated carbocycles. The zero-order valence-electron chi connectivity index (χ0n) is 8.25. The fourth-order valence-electron chi connectivity index (χ4n) is 3.04. The molecule has 4 atom stereocenters. The van der Waals surface area contributed by atoms with Crippen molar-refractivity contribution in [1.29, 1.82) is 0 Å². The Morgan fingerprint density at radius 2 is 1.38 bits per heavy atom. The van der Waals surface area contributed by atoms with E-state index < -0.39 is 23.8 Å². The first-order valence-electron chi connectivity index (χ1n) is 5.27. The molecule has 0 N–H and O–H groups in total. The van der Waals surface area contributed by atoms with Crippen LogP contribution in [0.1, 0.15) is 23.3 Å². The van der Waals surface area contributed by atoms with Gasteiger partial charge in [-0.3, -0.25) is 9.59 Å². The van der Waals surface area contributed by atoms with Gasteiger partial charge in [-0.15, -0.1) is 0 Å². The van der Waals surface area contributed by atoms with Crippen LogP contribution in [-0.4, -0.2) is 11.9 Å². The van der Waals surface area contributed by atoms with Gasteiger partial charge in [-0.1, -0.05) is 24.3 Å². The van der Waals surface area contributed by atoms with Gasteiger partial charge in [-0.25, -0.2) is 0 Å². The minimum Gasteiger partial charge on any atom is -0.393 e. The first-order chi connectivity index (χ1) is 7.77. The molecular formula is C12H8O4. The van der Waals surface area contributed by atoms with Crippen molar-refractivity contribution in [2.45, 2.75) is 12.2 Å². The van der Waals surface area contributed by atoms with Gasteiger partial charge in [0.1, 0.15) is 11.8 Å². The lowest BCUT2D eigenvalue weighted by Gasteiger charge is -2.17. The normalized spacial score (nSPS) is 38.5. The SMILES string of the molecule is O=C1OC(=O)[C@@H]2[C@@H]1[C@@H]1O[C@H]2c2ccccc21. The van der Waals surface area contributed by atoms with E-state index in [1.807, 2.05) is 24.3 Å². The smallest absolute Gasteiger partial charge is 0.320 e. The molecule has 3 aliphatic heterocycles. The monoisotopic (exact) mass is 216 g/mol. The van der Waals surface area contributed by atoms with Crippen molar-refractivity contribution in [3.05, 3.63) is 35.4 Å². The Bertz CT molecular complexity index is 477. The van der Waals surface area contributed by atoms with E-state index in [1.165, 1.54) is 0 Å². The summed E-state index contributed by atoms with van der Waals surface area (Å²) in [6, 6.07) is 7.73. The molecule has 2 saturated heterocycles. The van der Waals surface area contributed by atoms with Crippen LogP contribution in [-0.2, 0) is 19.1 Å². The first-order valence-corrected chi connectivity index (χ1v) is 5.27. The minimum atomic E-state index is -0.433. The summed E-state index contributed by atoms with van der Waals surface area (Å²) in [7, 11) is 0. The van der Waals surface area contributed by atoms with Crippen LogP contribution in [0.5, 0.6) is 0 Å². The summed E-state index contributed by atoms with van der Waals surface area (Å²) in [5.74, 6) is -1.71. The summed E-state index contributed by atoms with van der Waals surface area (Å²) in [5, 5.41) is 0. The molecule has 3 aliphatic rings. The number of ether oxygens (including phenoxy) is 2. The quantitative estimate of drug-likeness (QED) is 0.482. The molecule has 0 radical (unpaired) electrons. The summed E-state index contributed by atoms with van der Waals surface area (Å²) in [6.45, 7) is 0.